The average molecular weight is 310 g/mol. The van der Waals surface area contributed by atoms with Gasteiger partial charge in [0, 0.05) is 36.4 Å². The number of aromatic nitrogens is 2. The van der Waals surface area contributed by atoms with Gasteiger partial charge in [0.2, 0.25) is 0 Å². The summed E-state index contributed by atoms with van der Waals surface area (Å²) in [6, 6.07) is 0.00823. The number of hydrogen-bond acceptors (Lipinski definition) is 3. The Balaban J connectivity index is 2.04. The summed E-state index contributed by atoms with van der Waals surface area (Å²) >= 11 is 1.90. The van der Waals surface area contributed by atoms with E-state index in [4.69, 9.17) is 0 Å². The topological polar surface area (TPSA) is 50.2 Å². The Bertz CT molecular complexity index is 500. The number of nitrogens with one attached hydrogen (secondary N) is 1. The zero-order valence-corrected chi connectivity index (χ0v) is 14.5. The lowest BCUT2D eigenvalue weighted by atomic mass is 10.1. The van der Waals surface area contributed by atoms with Gasteiger partial charge in [-0.05, 0) is 34.6 Å². The average Bonchev–Trinajstić information content (AvgIpc) is 2.82. The Hall–Kier alpha value is -1.17. The predicted octanol–water partition coefficient (Wildman–Crippen LogP) is 2.77. The van der Waals surface area contributed by atoms with Crippen LogP contribution in [-0.4, -0.2) is 45.3 Å². The molecule has 1 aliphatic heterocycles. The number of carbonyl (C=O) groups excluding carboxylic acids is 1. The molecule has 1 aromatic heterocycles. The van der Waals surface area contributed by atoms with Crippen LogP contribution in [0, 0.1) is 6.92 Å². The molecule has 118 valence electrons. The minimum atomic E-state index is -0.0448. The van der Waals surface area contributed by atoms with Crippen molar-refractivity contribution in [3.05, 3.63) is 17.5 Å². The van der Waals surface area contributed by atoms with Gasteiger partial charge in [-0.25, -0.2) is 4.79 Å². The molecule has 0 aromatic carbocycles. The van der Waals surface area contributed by atoms with Gasteiger partial charge in [-0.2, -0.15) is 16.9 Å². The summed E-state index contributed by atoms with van der Waals surface area (Å²) in [6.45, 7) is 12.1. The van der Waals surface area contributed by atoms with Crippen LogP contribution in [0.2, 0.25) is 0 Å². The van der Waals surface area contributed by atoms with Crippen molar-refractivity contribution in [1.82, 2.24) is 20.0 Å². The molecule has 2 rings (SSSR count). The number of urea groups is 1. The van der Waals surface area contributed by atoms with E-state index in [9.17, 15) is 4.79 Å². The third kappa shape index (κ3) is 3.93. The van der Waals surface area contributed by atoms with Crippen molar-refractivity contribution in [2.24, 2.45) is 0 Å². The van der Waals surface area contributed by atoms with Gasteiger partial charge in [0.25, 0.3) is 0 Å². The fourth-order valence-electron chi connectivity index (χ4n) is 2.36. The van der Waals surface area contributed by atoms with Crippen LogP contribution in [0.3, 0.4) is 0 Å². The molecule has 21 heavy (non-hydrogen) atoms. The maximum absolute atomic E-state index is 12.3. The monoisotopic (exact) mass is 310 g/mol. The second kappa shape index (κ2) is 6.30. The van der Waals surface area contributed by atoms with Gasteiger partial charge in [-0.3, -0.25) is 4.68 Å². The van der Waals surface area contributed by atoms with Crippen molar-refractivity contribution in [1.29, 1.82) is 0 Å². The first-order valence-corrected chi connectivity index (χ1v) is 8.64. The molecule has 2 amide bonds. The Morgan fingerprint density at radius 1 is 1.38 bits per heavy atom. The number of aryl methyl sites for hydroxylation is 1. The second-order valence-corrected chi connectivity index (χ2v) is 7.78. The van der Waals surface area contributed by atoms with Crippen LogP contribution in [-0.2, 0) is 5.54 Å². The summed E-state index contributed by atoms with van der Waals surface area (Å²) < 4.78 is 1.97. The van der Waals surface area contributed by atoms with Crippen LogP contribution in [0.4, 0.5) is 4.79 Å². The molecule has 0 unspecified atom stereocenters. The molecule has 1 aliphatic rings. The second-order valence-electron chi connectivity index (χ2n) is 6.56. The fourth-order valence-corrected chi connectivity index (χ4v) is 3.27. The van der Waals surface area contributed by atoms with Gasteiger partial charge < -0.3 is 10.2 Å². The molecule has 1 atom stereocenters. The Morgan fingerprint density at radius 2 is 2.00 bits per heavy atom. The van der Waals surface area contributed by atoms with Gasteiger partial charge in [-0.1, -0.05) is 0 Å². The Morgan fingerprint density at radius 3 is 2.52 bits per heavy atom. The number of thioether (sulfide) groups is 1. The van der Waals surface area contributed by atoms with Crippen molar-refractivity contribution in [3.63, 3.8) is 0 Å². The van der Waals surface area contributed by atoms with Crippen LogP contribution in [0.25, 0.3) is 0 Å². The molecular formula is C15H26N4OS. The first-order chi connectivity index (χ1) is 9.79. The molecule has 1 fully saturated rings. The predicted molar refractivity (Wildman–Crippen MR) is 87.8 cm³/mol. The van der Waals surface area contributed by atoms with E-state index in [1.54, 1.807) is 0 Å². The SMILES string of the molecule is Cc1nn(C(C)(C)C)cc1[C@@H](C)NC(=O)N1CCSCC1. The van der Waals surface area contributed by atoms with E-state index in [0.29, 0.717) is 0 Å². The van der Waals surface area contributed by atoms with Crippen LogP contribution in [0.1, 0.15) is 45.0 Å². The van der Waals surface area contributed by atoms with Crippen molar-refractivity contribution < 1.29 is 4.79 Å². The maximum atomic E-state index is 12.3. The van der Waals surface area contributed by atoms with E-state index in [0.717, 1.165) is 35.9 Å². The van der Waals surface area contributed by atoms with E-state index in [1.165, 1.54) is 0 Å². The van der Waals surface area contributed by atoms with Crippen molar-refractivity contribution in [2.45, 2.75) is 46.2 Å². The molecule has 0 aliphatic carbocycles. The lowest BCUT2D eigenvalue weighted by Gasteiger charge is -2.28. The first kappa shape index (κ1) is 16.2. The van der Waals surface area contributed by atoms with Crippen molar-refractivity contribution in [2.75, 3.05) is 24.6 Å². The Kier molecular flexibility index (Phi) is 4.86. The Labute approximate surface area is 131 Å². The van der Waals surface area contributed by atoms with E-state index < -0.39 is 0 Å². The summed E-state index contributed by atoms with van der Waals surface area (Å²) in [4.78, 5) is 14.2. The lowest BCUT2D eigenvalue weighted by molar-refractivity contribution is 0.199. The van der Waals surface area contributed by atoms with E-state index in [2.05, 4.69) is 31.2 Å². The summed E-state index contributed by atoms with van der Waals surface area (Å²) in [6.07, 6.45) is 2.05. The van der Waals surface area contributed by atoms with Crippen LogP contribution in [0.5, 0.6) is 0 Å². The lowest BCUT2D eigenvalue weighted by Crippen LogP contribution is -2.45. The van der Waals surface area contributed by atoms with Crippen LogP contribution < -0.4 is 5.32 Å². The van der Waals surface area contributed by atoms with Gasteiger partial charge in [0.15, 0.2) is 0 Å². The number of carbonyl (C=O) groups is 1. The zero-order chi connectivity index (χ0) is 15.6. The van der Waals surface area contributed by atoms with Crippen molar-refractivity contribution >= 4 is 17.8 Å². The molecule has 2 heterocycles. The summed E-state index contributed by atoms with van der Waals surface area (Å²) in [5.41, 5.74) is 2.02. The van der Waals surface area contributed by atoms with E-state index in [-0.39, 0.29) is 17.6 Å². The van der Waals surface area contributed by atoms with E-state index >= 15 is 0 Å². The third-order valence-corrected chi connectivity index (χ3v) is 4.67. The molecule has 1 N–H and O–H groups in total. The standard InChI is InChI=1S/C15H26N4OS/c1-11(16-14(20)18-6-8-21-9-7-18)13-10-19(15(3,4)5)17-12(13)2/h10-11H,6-9H2,1-5H3,(H,16,20)/t11-/m1/s1. The molecule has 1 aromatic rings. The molecular weight excluding hydrogens is 284 g/mol. The maximum Gasteiger partial charge on any atom is 0.317 e. The highest BCUT2D eigenvalue weighted by Crippen LogP contribution is 2.21. The molecule has 0 radical (unpaired) electrons. The van der Waals surface area contributed by atoms with Crippen LogP contribution >= 0.6 is 11.8 Å². The molecule has 6 heteroatoms. The third-order valence-electron chi connectivity index (χ3n) is 3.73. The number of hydrogen-bond donors (Lipinski definition) is 1. The minimum Gasteiger partial charge on any atom is -0.331 e. The molecule has 0 saturated carbocycles. The highest BCUT2D eigenvalue weighted by Gasteiger charge is 2.22. The summed E-state index contributed by atoms with van der Waals surface area (Å²) in [7, 11) is 0. The molecule has 5 nitrogen and oxygen atoms in total. The van der Waals surface area contributed by atoms with E-state index in [1.807, 2.05) is 41.4 Å². The van der Waals surface area contributed by atoms with Gasteiger partial charge >= 0.3 is 6.03 Å². The molecule has 1 saturated heterocycles. The normalized spacial score (nSPS) is 17.7. The van der Waals surface area contributed by atoms with Crippen LogP contribution in [0.15, 0.2) is 6.20 Å². The number of amides is 2. The van der Waals surface area contributed by atoms with Crippen molar-refractivity contribution in [3.8, 4) is 0 Å². The minimum absolute atomic E-state index is 0.0248. The summed E-state index contributed by atoms with van der Waals surface area (Å²) in [5, 5.41) is 7.67. The molecule has 0 spiro atoms. The number of nitrogens with zero attached hydrogens (tertiary/aromatic N) is 3. The highest BCUT2D eigenvalue weighted by molar-refractivity contribution is 7.99. The zero-order valence-electron chi connectivity index (χ0n) is 13.6. The van der Waals surface area contributed by atoms with Gasteiger partial charge in [-0.15, -0.1) is 0 Å². The summed E-state index contributed by atoms with van der Waals surface area (Å²) in [5.74, 6) is 2.06. The largest absolute Gasteiger partial charge is 0.331 e. The smallest absolute Gasteiger partial charge is 0.317 e. The first-order valence-electron chi connectivity index (χ1n) is 7.49. The molecule has 0 bridgehead atoms. The van der Waals surface area contributed by atoms with Gasteiger partial charge in [0.05, 0.1) is 17.3 Å². The quantitative estimate of drug-likeness (QED) is 0.914. The highest BCUT2D eigenvalue weighted by atomic mass is 32.2. The number of rotatable bonds is 2. The fraction of sp³-hybridized carbons (Fsp3) is 0.733. The van der Waals surface area contributed by atoms with Gasteiger partial charge in [0.1, 0.15) is 0 Å².